The summed E-state index contributed by atoms with van der Waals surface area (Å²) in [5.41, 5.74) is 8.71. The van der Waals surface area contributed by atoms with E-state index in [2.05, 4.69) is 15.4 Å². The lowest BCUT2D eigenvalue weighted by Gasteiger charge is -2.04. The molecule has 0 unspecified atom stereocenters. The van der Waals surface area contributed by atoms with Gasteiger partial charge >= 0.3 is 0 Å². The molecule has 2 rings (SSSR count). The number of anilines is 2. The lowest BCUT2D eigenvalue weighted by molar-refractivity contribution is -0.115. The minimum atomic E-state index is -0.112. The summed E-state index contributed by atoms with van der Waals surface area (Å²) in [5, 5.41) is 9.37. The zero-order valence-corrected chi connectivity index (χ0v) is 11.3. The van der Waals surface area contributed by atoms with E-state index < -0.39 is 0 Å². The highest BCUT2D eigenvalue weighted by atomic mass is 32.1. The van der Waals surface area contributed by atoms with E-state index >= 15 is 0 Å². The summed E-state index contributed by atoms with van der Waals surface area (Å²) in [4.78, 5) is 15.9. The zero-order chi connectivity index (χ0) is 13.3. The number of nitrogen functional groups attached to an aromatic ring is 1. The van der Waals surface area contributed by atoms with E-state index in [0.717, 1.165) is 17.1 Å². The molecular weight excluding hydrogens is 250 g/mol. The highest BCUT2D eigenvalue weighted by Crippen LogP contribution is 2.19. The van der Waals surface area contributed by atoms with Gasteiger partial charge < -0.3 is 11.1 Å². The molecule has 0 saturated carbocycles. The van der Waals surface area contributed by atoms with Crippen molar-refractivity contribution < 1.29 is 4.79 Å². The van der Waals surface area contributed by atoms with Gasteiger partial charge in [0.25, 0.3) is 0 Å². The third-order valence-electron chi connectivity index (χ3n) is 2.68. The number of carbonyl (C=O) groups is 1. The van der Waals surface area contributed by atoms with Crippen molar-refractivity contribution in [3.8, 4) is 0 Å². The van der Waals surface area contributed by atoms with Crippen LogP contribution in [0.2, 0.25) is 0 Å². The molecule has 3 N–H and O–H groups in total. The second kappa shape index (κ2) is 4.77. The summed E-state index contributed by atoms with van der Waals surface area (Å²) >= 11 is 1.33. The molecule has 0 aliphatic heterocycles. The zero-order valence-electron chi connectivity index (χ0n) is 10.5. The van der Waals surface area contributed by atoms with E-state index in [-0.39, 0.29) is 12.3 Å². The van der Waals surface area contributed by atoms with Gasteiger partial charge in [0.2, 0.25) is 5.91 Å². The number of aryl methyl sites for hydroxylation is 2. The Bertz CT molecular complexity index is 586. The third kappa shape index (κ3) is 2.51. The maximum Gasteiger partial charge on any atom is 0.230 e. The van der Waals surface area contributed by atoms with Gasteiger partial charge in [-0.05, 0) is 13.8 Å². The molecule has 0 aliphatic carbocycles. The normalized spacial score (nSPS) is 10.6. The Labute approximate surface area is 109 Å². The number of aromatic nitrogens is 3. The fourth-order valence-corrected chi connectivity index (χ4v) is 2.27. The summed E-state index contributed by atoms with van der Waals surface area (Å²) < 4.78 is 1.74. The monoisotopic (exact) mass is 265 g/mol. The van der Waals surface area contributed by atoms with Crippen molar-refractivity contribution >= 4 is 28.1 Å². The highest BCUT2D eigenvalue weighted by Gasteiger charge is 2.13. The SMILES string of the molecule is Cc1nn(C)c(C)c1NC(=O)Cc1csc(N)n1. The number of nitrogens with two attached hydrogens (primary N) is 1. The molecule has 2 aromatic rings. The van der Waals surface area contributed by atoms with E-state index in [1.807, 2.05) is 20.9 Å². The lowest BCUT2D eigenvalue weighted by atomic mass is 10.2. The van der Waals surface area contributed by atoms with Crippen LogP contribution in [0.1, 0.15) is 17.1 Å². The van der Waals surface area contributed by atoms with E-state index in [4.69, 9.17) is 5.73 Å². The first-order valence-electron chi connectivity index (χ1n) is 5.47. The topological polar surface area (TPSA) is 85.8 Å². The Balaban J connectivity index is 2.07. The van der Waals surface area contributed by atoms with Gasteiger partial charge in [-0.15, -0.1) is 11.3 Å². The van der Waals surface area contributed by atoms with Crippen molar-refractivity contribution in [3.05, 3.63) is 22.5 Å². The second-order valence-electron chi connectivity index (χ2n) is 4.07. The molecule has 0 saturated heterocycles. The van der Waals surface area contributed by atoms with Crippen LogP contribution >= 0.6 is 11.3 Å². The number of amides is 1. The Hall–Kier alpha value is -1.89. The number of hydrogen-bond acceptors (Lipinski definition) is 5. The first-order chi connectivity index (χ1) is 8.47. The van der Waals surface area contributed by atoms with Crippen molar-refractivity contribution in [2.45, 2.75) is 20.3 Å². The molecule has 2 aromatic heterocycles. The van der Waals surface area contributed by atoms with Crippen LogP contribution in [-0.2, 0) is 18.3 Å². The van der Waals surface area contributed by atoms with Crippen LogP contribution in [0.25, 0.3) is 0 Å². The average molecular weight is 265 g/mol. The molecule has 1 amide bonds. The fraction of sp³-hybridized carbons (Fsp3) is 0.364. The molecule has 0 atom stereocenters. The Morgan fingerprint density at radius 2 is 2.28 bits per heavy atom. The van der Waals surface area contributed by atoms with E-state index in [1.165, 1.54) is 11.3 Å². The molecule has 18 heavy (non-hydrogen) atoms. The molecule has 0 fully saturated rings. The summed E-state index contributed by atoms with van der Waals surface area (Å²) in [6.45, 7) is 3.78. The van der Waals surface area contributed by atoms with E-state index in [0.29, 0.717) is 10.8 Å². The number of nitrogens with one attached hydrogen (secondary N) is 1. The van der Waals surface area contributed by atoms with Crippen LogP contribution in [0, 0.1) is 13.8 Å². The largest absolute Gasteiger partial charge is 0.375 e. The molecule has 0 radical (unpaired) electrons. The van der Waals surface area contributed by atoms with Crippen molar-refractivity contribution in [1.29, 1.82) is 0 Å². The lowest BCUT2D eigenvalue weighted by Crippen LogP contribution is -2.15. The van der Waals surface area contributed by atoms with Crippen LogP contribution in [0.3, 0.4) is 0 Å². The van der Waals surface area contributed by atoms with Gasteiger partial charge in [-0.3, -0.25) is 9.48 Å². The molecule has 6 nitrogen and oxygen atoms in total. The van der Waals surface area contributed by atoms with Gasteiger partial charge in [0.1, 0.15) is 0 Å². The smallest absolute Gasteiger partial charge is 0.230 e. The minimum absolute atomic E-state index is 0.112. The molecule has 2 heterocycles. The maximum atomic E-state index is 11.9. The maximum absolute atomic E-state index is 11.9. The van der Waals surface area contributed by atoms with Crippen molar-refractivity contribution in [2.75, 3.05) is 11.1 Å². The van der Waals surface area contributed by atoms with Crippen LogP contribution in [0.4, 0.5) is 10.8 Å². The van der Waals surface area contributed by atoms with Crippen LogP contribution in [0.5, 0.6) is 0 Å². The van der Waals surface area contributed by atoms with E-state index in [1.54, 1.807) is 10.1 Å². The highest BCUT2D eigenvalue weighted by molar-refractivity contribution is 7.13. The molecule has 0 aromatic carbocycles. The van der Waals surface area contributed by atoms with Crippen molar-refractivity contribution in [1.82, 2.24) is 14.8 Å². The Kier molecular flexibility index (Phi) is 3.33. The predicted molar refractivity (Wildman–Crippen MR) is 71.5 cm³/mol. The summed E-state index contributed by atoms with van der Waals surface area (Å²) in [6.07, 6.45) is 0.224. The van der Waals surface area contributed by atoms with Crippen LogP contribution < -0.4 is 11.1 Å². The molecule has 96 valence electrons. The minimum Gasteiger partial charge on any atom is -0.375 e. The Morgan fingerprint density at radius 3 is 2.78 bits per heavy atom. The molecule has 0 spiro atoms. The number of nitrogens with zero attached hydrogens (tertiary/aromatic N) is 3. The van der Waals surface area contributed by atoms with Gasteiger partial charge in [0.05, 0.1) is 29.2 Å². The summed E-state index contributed by atoms with van der Waals surface area (Å²) in [6, 6.07) is 0. The second-order valence-corrected chi connectivity index (χ2v) is 4.96. The van der Waals surface area contributed by atoms with Gasteiger partial charge in [0.15, 0.2) is 5.13 Å². The fourth-order valence-electron chi connectivity index (χ4n) is 1.71. The van der Waals surface area contributed by atoms with Crippen molar-refractivity contribution in [2.24, 2.45) is 7.05 Å². The molecule has 0 aliphatic rings. The molecule has 7 heteroatoms. The predicted octanol–water partition coefficient (Wildman–Crippen LogP) is 1.26. The quantitative estimate of drug-likeness (QED) is 0.874. The van der Waals surface area contributed by atoms with E-state index in [9.17, 15) is 4.79 Å². The van der Waals surface area contributed by atoms with Crippen LogP contribution in [-0.4, -0.2) is 20.7 Å². The molecular formula is C11H15N5OS. The molecule has 0 bridgehead atoms. The summed E-state index contributed by atoms with van der Waals surface area (Å²) in [7, 11) is 1.85. The van der Waals surface area contributed by atoms with Crippen molar-refractivity contribution in [3.63, 3.8) is 0 Å². The third-order valence-corrected chi connectivity index (χ3v) is 3.41. The number of hydrogen-bond donors (Lipinski definition) is 2. The van der Waals surface area contributed by atoms with Crippen LogP contribution in [0.15, 0.2) is 5.38 Å². The first kappa shape index (κ1) is 12.6. The number of carbonyl (C=O) groups excluding carboxylic acids is 1. The van der Waals surface area contributed by atoms with Gasteiger partial charge in [-0.25, -0.2) is 4.98 Å². The number of thiazole rings is 1. The van der Waals surface area contributed by atoms with Gasteiger partial charge in [-0.1, -0.05) is 0 Å². The standard InChI is InChI=1S/C11H15N5OS/c1-6-10(7(2)16(3)15-6)14-9(17)4-8-5-18-11(12)13-8/h5H,4H2,1-3H3,(H2,12,13)(H,14,17). The van der Waals surface area contributed by atoms with Gasteiger partial charge in [0, 0.05) is 12.4 Å². The Morgan fingerprint density at radius 1 is 1.56 bits per heavy atom. The average Bonchev–Trinajstić information content (AvgIpc) is 2.78. The number of rotatable bonds is 3. The van der Waals surface area contributed by atoms with Gasteiger partial charge in [-0.2, -0.15) is 5.10 Å². The summed E-state index contributed by atoms with van der Waals surface area (Å²) in [5.74, 6) is -0.112. The first-order valence-corrected chi connectivity index (χ1v) is 6.35.